The fourth-order valence-corrected chi connectivity index (χ4v) is 3.87. The van der Waals surface area contributed by atoms with Gasteiger partial charge in [-0.1, -0.05) is 12.1 Å². The Labute approximate surface area is 156 Å². The Kier molecular flexibility index (Phi) is 5.63. The molecule has 2 amide bonds. The van der Waals surface area contributed by atoms with Gasteiger partial charge < -0.3 is 15.4 Å². The maximum absolute atomic E-state index is 12.4. The third kappa shape index (κ3) is 3.91. The van der Waals surface area contributed by atoms with E-state index < -0.39 is 11.8 Å². The van der Waals surface area contributed by atoms with Crippen molar-refractivity contribution in [3.05, 3.63) is 41.1 Å². The lowest BCUT2D eigenvalue weighted by molar-refractivity contribution is -0.136. The largest absolute Gasteiger partial charge is 0.383 e. The Morgan fingerprint density at radius 2 is 2.15 bits per heavy atom. The number of nitrogens with one attached hydrogen (secondary N) is 2. The molecule has 0 unspecified atom stereocenters. The first kappa shape index (κ1) is 18.5. The van der Waals surface area contributed by atoms with Gasteiger partial charge in [0.1, 0.15) is 5.82 Å². The fourth-order valence-electron chi connectivity index (χ4n) is 2.83. The number of fused-ring (bicyclic) bond motifs is 1. The second-order valence-electron chi connectivity index (χ2n) is 6.30. The lowest BCUT2D eigenvalue weighted by atomic mass is 10.2. The maximum Gasteiger partial charge on any atom is 0.314 e. The van der Waals surface area contributed by atoms with Crippen LogP contribution in [0.5, 0.6) is 0 Å². The lowest BCUT2D eigenvalue weighted by Gasteiger charge is -2.14. The minimum absolute atomic E-state index is 0.249. The van der Waals surface area contributed by atoms with Crippen LogP contribution in [0.2, 0.25) is 0 Å². The van der Waals surface area contributed by atoms with Gasteiger partial charge in [-0.05, 0) is 31.5 Å². The van der Waals surface area contributed by atoms with Gasteiger partial charge in [0.25, 0.3) is 0 Å². The average Bonchev–Trinajstić information content (AvgIpc) is 3.17. The van der Waals surface area contributed by atoms with Crippen LogP contribution in [-0.4, -0.2) is 41.4 Å². The van der Waals surface area contributed by atoms with Crippen LogP contribution in [0.3, 0.4) is 0 Å². The summed E-state index contributed by atoms with van der Waals surface area (Å²) in [6, 6.07) is 7.61. The van der Waals surface area contributed by atoms with Gasteiger partial charge in [-0.25, -0.2) is 4.68 Å². The summed E-state index contributed by atoms with van der Waals surface area (Å²) in [5, 5.41) is 10.0. The van der Waals surface area contributed by atoms with Crippen LogP contribution in [0.25, 0.3) is 5.69 Å². The van der Waals surface area contributed by atoms with Crippen molar-refractivity contribution >= 4 is 29.4 Å². The SMILES string of the molecule is COC[C@@H](C)NC(=O)C(=O)Nc1c2c(nn1-c1cccc(C)c1)CSC2. The van der Waals surface area contributed by atoms with Crippen molar-refractivity contribution in [3.8, 4) is 5.69 Å². The normalized spacial score (nSPS) is 14.0. The van der Waals surface area contributed by atoms with Crippen LogP contribution in [0.15, 0.2) is 24.3 Å². The van der Waals surface area contributed by atoms with E-state index >= 15 is 0 Å². The number of benzene rings is 1. The number of aryl methyl sites for hydroxylation is 1. The highest BCUT2D eigenvalue weighted by Gasteiger charge is 2.26. The molecular formula is C18H22N4O3S. The molecule has 3 rings (SSSR count). The number of aromatic nitrogens is 2. The summed E-state index contributed by atoms with van der Waals surface area (Å²) in [6.07, 6.45) is 0. The molecule has 26 heavy (non-hydrogen) atoms. The fraction of sp³-hybridized carbons (Fsp3) is 0.389. The molecule has 138 valence electrons. The van der Waals surface area contributed by atoms with Gasteiger partial charge >= 0.3 is 11.8 Å². The molecule has 1 atom stereocenters. The van der Waals surface area contributed by atoms with Crippen LogP contribution >= 0.6 is 11.8 Å². The number of rotatable bonds is 5. The van der Waals surface area contributed by atoms with E-state index in [4.69, 9.17) is 4.74 Å². The van der Waals surface area contributed by atoms with Gasteiger partial charge in [0, 0.05) is 30.2 Å². The average molecular weight is 374 g/mol. The molecule has 0 radical (unpaired) electrons. The van der Waals surface area contributed by atoms with Crippen molar-refractivity contribution in [2.75, 3.05) is 19.0 Å². The molecule has 0 bridgehead atoms. The molecule has 0 fully saturated rings. The predicted octanol–water partition coefficient (Wildman–Crippen LogP) is 2.02. The second-order valence-corrected chi connectivity index (χ2v) is 7.29. The standard InChI is InChI=1S/C18H22N4O3S/c1-11-5-4-6-13(7-11)22-16(14-9-26-10-15(14)21-22)20-18(24)17(23)19-12(2)8-25-3/h4-7,12H,8-10H2,1-3H3,(H,19,23)(H,20,24)/t12-/m1/s1. The number of hydrogen-bond donors (Lipinski definition) is 2. The zero-order chi connectivity index (χ0) is 18.7. The number of carbonyl (C=O) groups excluding carboxylic acids is 2. The highest BCUT2D eigenvalue weighted by atomic mass is 32.2. The summed E-state index contributed by atoms with van der Waals surface area (Å²) in [6.45, 7) is 4.12. The number of methoxy groups -OCH3 is 1. The molecule has 0 saturated heterocycles. The van der Waals surface area contributed by atoms with Crippen molar-refractivity contribution < 1.29 is 14.3 Å². The Bertz CT molecular complexity index is 834. The van der Waals surface area contributed by atoms with E-state index in [-0.39, 0.29) is 6.04 Å². The van der Waals surface area contributed by atoms with Crippen LogP contribution in [0, 0.1) is 6.92 Å². The van der Waals surface area contributed by atoms with Crippen molar-refractivity contribution in [2.24, 2.45) is 0 Å². The van der Waals surface area contributed by atoms with E-state index in [0.29, 0.717) is 12.4 Å². The molecule has 7 nitrogen and oxygen atoms in total. The van der Waals surface area contributed by atoms with Crippen molar-refractivity contribution in [2.45, 2.75) is 31.4 Å². The molecule has 2 aromatic rings. The molecule has 2 heterocycles. The van der Waals surface area contributed by atoms with Crippen LogP contribution in [0.1, 0.15) is 23.7 Å². The lowest BCUT2D eigenvalue weighted by Crippen LogP contribution is -2.42. The number of nitrogens with zero attached hydrogens (tertiary/aromatic N) is 2. The van der Waals surface area contributed by atoms with Crippen molar-refractivity contribution in [1.29, 1.82) is 0 Å². The van der Waals surface area contributed by atoms with Gasteiger partial charge in [0.05, 0.1) is 18.0 Å². The van der Waals surface area contributed by atoms with Crippen LogP contribution in [-0.2, 0) is 25.8 Å². The van der Waals surface area contributed by atoms with Gasteiger partial charge in [-0.3, -0.25) is 9.59 Å². The molecule has 0 aliphatic carbocycles. The van der Waals surface area contributed by atoms with E-state index in [1.54, 1.807) is 30.5 Å². The van der Waals surface area contributed by atoms with Gasteiger partial charge in [0.2, 0.25) is 0 Å². The highest BCUT2D eigenvalue weighted by molar-refractivity contribution is 7.98. The Hall–Kier alpha value is -2.32. The first-order chi connectivity index (χ1) is 12.5. The molecule has 8 heteroatoms. The van der Waals surface area contributed by atoms with Crippen LogP contribution in [0.4, 0.5) is 5.82 Å². The van der Waals surface area contributed by atoms with E-state index in [1.165, 1.54) is 0 Å². The molecule has 1 aliphatic heterocycles. The minimum Gasteiger partial charge on any atom is -0.383 e. The second kappa shape index (κ2) is 7.92. The number of hydrogen-bond acceptors (Lipinski definition) is 5. The van der Waals surface area contributed by atoms with E-state index in [1.807, 2.05) is 31.2 Å². The molecule has 1 aromatic carbocycles. The van der Waals surface area contributed by atoms with Gasteiger partial charge in [-0.15, -0.1) is 0 Å². The maximum atomic E-state index is 12.4. The smallest absolute Gasteiger partial charge is 0.314 e. The van der Waals surface area contributed by atoms with E-state index in [0.717, 1.165) is 34.0 Å². The summed E-state index contributed by atoms with van der Waals surface area (Å²) < 4.78 is 6.68. The van der Waals surface area contributed by atoms with Crippen molar-refractivity contribution in [1.82, 2.24) is 15.1 Å². The number of amides is 2. The molecule has 1 aliphatic rings. The summed E-state index contributed by atoms with van der Waals surface area (Å²) in [4.78, 5) is 24.5. The summed E-state index contributed by atoms with van der Waals surface area (Å²) in [5.74, 6) is 0.731. The van der Waals surface area contributed by atoms with E-state index in [2.05, 4.69) is 15.7 Å². The zero-order valence-electron chi connectivity index (χ0n) is 15.0. The molecule has 1 aromatic heterocycles. The summed E-state index contributed by atoms with van der Waals surface area (Å²) in [5.41, 5.74) is 3.87. The molecule has 2 N–H and O–H groups in total. The summed E-state index contributed by atoms with van der Waals surface area (Å²) >= 11 is 1.74. The predicted molar refractivity (Wildman–Crippen MR) is 101 cm³/mol. The quantitative estimate of drug-likeness (QED) is 0.782. The molecule has 0 spiro atoms. The first-order valence-corrected chi connectivity index (χ1v) is 9.51. The third-order valence-corrected chi connectivity index (χ3v) is 5.00. The first-order valence-electron chi connectivity index (χ1n) is 8.36. The monoisotopic (exact) mass is 374 g/mol. The Morgan fingerprint density at radius 3 is 2.88 bits per heavy atom. The van der Waals surface area contributed by atoms with Crippen molar-refractivity contribution in [3.63, 3.8) is 0 Å². The molecular weight excluding hydrogens is 352 g/mol. The third-order valence-electron chi connectivity index (χ3n) is 4.03. The topological polar surface area (TPSA) is 85.2 Å². The number of carbonyl (C=O) groups is 2. The minimum atomic E-state index is -0.707. The summed E-state index contributed by atoms with van der Waals surface area (Å²) in [7, 11) is 1.55. The zero-order valence-corrected chi connectivity index (χ0v) is 15.9. The number of thioether (sulfide) groups is 1. The number of anilines is 1. The number of ether oxygens (including phenoxy) is 1. The van der Waals surface area contributed by atoms with Gasteiger partial charge in [0.15, 0.2) is 0 Å². The van der Waals surface area contributed by atoms with E-state index in [9.17, 15) is 9.59 Å². The molecule has 0 saturated carbocycles. The van der Waals surface area contributed by atoms with Crippen LogP contribution < -0.4 is 10.6 Å². The van der Waals surface area contributed by atoms with Gasteiger partial charge in [-0.2, -0.15) is 16.9 Å². The highest BCUT2D eigenvalue weighted by Crippen LogP contribution is 2.36. The Morgan fingerprint density at radius 1 is 1.35 bits per heavy atom. The Balaban J connectivity index is 1.85.